The third-order valence-corrected chi connectivity index (χ3v) is 4.61. The maximum Gasteiger partial charge on any atom is 0.273 e. The molecule has 6 heteroatoms. The predicted molar refractivity (Wildman–Crippen MR) is 75.2 cm³/mol. The van der Waals surface area contributed by atoms with Gasteiger partial charge in [-0.1, -0.05) is 6.42 Å². The van der Waals surface area contributed by atoms with Gasteiger partial charge in [-0.25, -0.2) is 0 Å². The van der Waals surface area contributed by atoms with Crippen LogP contribution in [-0.4, -0.2) is 34.4 Å². The Labute approximate surface area is 118 Å². The van der Waals surface area contributed by atoms with Gasteiger partial charge in [-0.3, -0.25) is 9.89 Å². The number of nitrogen functional groups attached to an aromatic ring is 1. The molecule has 0 saturated heterocycles. The highest BCUT2D eigenvalue weighted by Gasteiger charge is 2.31. The van der Waals surface area contributed by atoms with Crippen molar-refractivity contribution in [3.8, 4) is 0 Å². The Morgan fingerprint density at radius 2 is 2.10 bits per heavy atom. The number of amides is 1. The molecule has 1 heterocycles. The number of nitrogens with two attached hydrogens (primary N) is 1. The third kappa shape index (κ3) is 2.52. The van der Waals surface area contributed by atoms with Gasteiger partial charge in [0.25, 0.3) is 5.91 Å². The average Bonchev–Trinajstić information content (AvgIpc) is 3.06. The molecule has 2 saturated carbocycles. The number of aliphatic hydroxyl groups excluding tert-OH is 1. The summed E-state index contributed by atoms with van der Waals surface area (Å²) in [5.41, 5.74) is 7.70. The molecule has 0 bridgehead atoms. The number of aliphatic hydroxyl groups is 1. The number of carbonyl (C=O) groups excluding carboxylic acids is 1. The summed E-state index contributed by atoms with van der Waals surface area (Å²) in [6.07, 6.45) is 5.48. The largest absolute Gasteiger partial charge is 0.396 e. The molecular formula is C14H22N4O2. The summed E-state index contributed by atoms with van der Waals surface area (Å²) in [6.45, 7) is 0.798. The van der Waals surface area contributed by atoms with Gasteiger partial charge in [-0.2, -0.15) is 5.10 Å². The standard InChI is InChI=1S/C14H22N4O2/c15-11-12(8-4-5-8)17-18-13(11)14(20)16-6-9-2-1-3-10(9)7-19/h8-10,19H,1-7,15H2,(H,16,20)(H,17,18). The number of rotatable bonds is 5. The van der Waals surface area contributed by atoms with Crippen LogP contribution in [0.1, 0.15) is 54.2 Å². The second kappa shape index (κ2) is 5.44. The molecule has 0 radical (unpaired) electrons. The second-order valence-corrected chi connectivity index (χ2v) is 6.02. The van der Waals surface area contributed by atoms with Crippen molar-refractivity contribution in [1.29, 1.82) is 0 Å². The van der Waals surface area contributed by atoms with Crippen molar-refractivity contribution in [3.63, 3.8) is 0 Å². The Kier molecular flexibility index (Phi) is 3.65. The van der Waals surface area contributed by atoms with Crippen molar-refractivity contribution in [3.05, 3.63) is 11.4 Å². The SMILES string of the molecule is Nc1c(C(=O)NCC2CCCC2CO)n[nH]c1C1CC1. The van der Waals surface area contributed by atoms with Crippen molar-refractivity contribution >= 4 is 11.6 Å². The summed E-state index contributed by atoms with van der Waals surface area (Å²) in [5, 5.41) is 19.1. The number of hydrogen-bond acceptors (Lipinski definition) is 4. The molecule has 6 nitrogen and oxygen atoms in total. The number of anilines is 1. The minimum absolute atomic E-state index is 0.205. The van der Waals surface area contributed by atoms with Gasteiger partial charge in [-0.15, -0.1) is 0 Å². The van der Waals surface area contributed by atoms with Gasteiger partial charge in [0.2, 0.25) is 0 Å². The van der Waals surface area contributed by atoms with Crippen LogP contribution in [0.15, 0.2) is 0 Å². The molecule has 3 rings (SSSR count). The van der Waals surface area contributed by atoms with Crippen LogP contribution in [0.4, 0.5) is 5.69 Å². The van der Waals surface area contributed by atoms with Gasteiger partial charge in [0.15, 0.2) is 5.69 Å². The quantitative estimate of drug-likeness (QED) is 0.645. The number of carbonyl (C=O) groups is 1. The van der Waals surface area contributed by atoms with E-state index in [-0.39, 0.29) is 12.5 Å². The summed E-state index contributed by atoms with van der Waals surface area (Å²) in [6, 6.07) is 0. The van der Waals surface area contributed by atoms with E-state index in [0.29, 0.717) is 35.7 Å². The Balaban J connectivity index is 1.59. The Morgan fingerprint density at radius 3 is 2.80 bits per heavy atom. The molecule has 110 valence electrons. The van der Waals surface area contributed by atoms with E-state index < -0.39 is 0 Å². The Morgan fingerprint density at radius 1 is 1.35 bits per heavy atom. The summed E-state index contributed by atoms with van der Waals surface area (Å²) in [5.74, 6) is 0.924. The van der Waals surface area contributed by atoms with E-state index >= 15 is 0 Å². The fraction of sp³-hybridized carbons (Fsp3) is 0.714. The van der Waals surface area contributed by atoms with Crippen molar-refractivity contribution < 1.29 is 9.90 Å². The zero-order valence-electron chi connectivity index (χ0n) is 11.6. The topological polar surface area (TPSA) is 104 Å². The van der Waals surface area contributed by atoms with E-state index in [9.17, 15) is 9.90 Å². The number of nitrogens with zero attached hydrogens (tertiary/aromatic N) is 1. The first kappa shape index (κ1) is 13.4. The van der Waals surface area contributed by atoms with Crippen molar-refractivity contribution in [2.24, 2.45) is 11.8 Å². The highest BCUT2D eigenvalue weighted by atomic mass is 16.3. The van der Waals surface area contributed by atoms with E-state index in [1.54, 1.807) is 0 Å². The fourth-order valence-corrected chi connectivity index (χ4v) is 3.15. The van der Waals surface area contributed by atoms with E-state index in [2.05, 4.69) is 15.5 Å². The van der Waals surface area contributed by atoms with Gasteiger partial charge in [0, 0.05) is 19.1 Å². The van der Waals surface area contributed by atoms with Crippen LogP contribution in [0.3, 0.4) is 0 Å². The summed E-state index contributed by atoms with van der Waals surface area (Å²) >= 11 is 0. The van der Waals surface area contributed by atoms with Crippen LogP contribution < -0.4 is 11.1 Å². The summed E-state index contributed by atoms with van der Waals surface area (Å²) in [7, 11) is 0. The number of aromatic amines is 1. The molecule has 1 aromatic rings. The lowest BCUT2D eigenvalue weighted by Crippen LogP contribution is -2.32. The molecule has 5 N–H and O–H groups in total. The fourth-order valence-electron chi connectivity index (χ4n) is 3.15. The predicted octanol–water partition coefficient (Wildman–Crippen LogP) is 1.01. The minimum atomic E-state index is -0.214. The number of H-pyrrole nitrogens is 1. The highest BCUT2D eigenvalue weighted by Crippen LogP contribution is 2.42. The van der Waals surface area contributed by atoms with Crippen LogP contribution in [0, 0.1) is 11.8 Å². The lowest BCUT2D eigenvalue weighted by molar-refractivity contribution is 0.0933. The van der Waals surface area contributed by atoms with Crippen LogP contribution in [0.5, 0.6) is 0 Å². The van der Waals surface area contributed by atoms with E-state index in [1.807, 2.05) is 0 Å². The zero-order valence-corrected chi connectivity index (χ0v) is 11.6. The molecule has 0 aromatic carbocycles. The lowest BCUT2D eigenvalue weighted by atomic mass is 9.97. The first-order valence-corrected chi connectivity index (χ1v) is 7.43. The van der Waals surface area contributed by atoms with Gasteiger partial charge in [-0.05, 0) is 37.5 Å². The molecule has 1 amide bonds. The van der Waals surface area contributed by atoms with E-state index in [1.165, 1.54) is 0 Å². The number of hydrogen-bond donors (Lipinski definition) is 4. The molecular weight excluding hydrogens is 256 g/mol. The lowest BCUT2D eigenvalue weighted by Gasteiger charge is -2.17. The van der Waals surface area contributed by atoms with Crippen LogP contribution in [0.2, 0.25) is 0 Å². The molecule has 2 aliphatic carbocycles. The van der Waals surface area contributed by atoms with E-state index in [0.717, 1.165) is 37.8 Å². The molecule has 0 aliphatic heterocycles. The molecule has 0 spiro atoms. The van der Waals surface area contributed by atoms with Crippen LogP contribution in [0.25, 0.3) is 0 Å². The molecule has 2 atom stereocenters. The van der Waals surface area contributed by atoms with Crippen molar-refractivity contribution in [2.75, 3.05) is 18.9 Å². The first-order valence-electron chi connectivity index (χ1n) is 7.43. The van der Waals surface area contributed by atoms with E-state index in [4.69, 9.17) is 5.73 Å². The number of nitrogens with one attached hydrogen (secondary N) is 2. The Bertz CT molecular complexity index is 495. The second-order valence-electron chi connectivity index (χ2n) is 6.02. The molecule has 2 unspecified atom stereocenters. The first-order chi connectivity index (χ1) is 9.70. The zero-order chi connectivity index (χ0) is 14.1. The minimum Gasteiger partial charge on any atom is -0.396 e. The highest BCUT2D eigenvalue weighted by molar-refractivity contribution is 5.97. The summed E-state index contributed by atoms with van der Waals surface area (Å²) in [4.78, 5) is 12.1. The van der Waals surface area contributed by atoms with Gasteiger partial charge < -0.3 is 16.2 Å². The molecule has 2 fully saturated rings. The molecule has 20 heavy (non-hydrogen) atoms. The maximum absolute atomic E-state index is 12.1. The van der Waals surface area contributed by atoms with Crippen molar-refractivity contribution in [2.45, 2.75) is 38.0 Å². The summed E-state index contributed by atoms with van der Waals surface area (Å²) < 4.78 is 0. The molecule has 2 aliphatic rings. The molecule has 1 aromatic heterocycles. The van der Waals surface area contributed by atoms with Gasteiger partial charge in [0.05, 0.1) is 11.4 Å². The van der Waals surface area contributed by atoms with Gasteiger partial charge in [0.1, 0.15) is 0 Å². The third-order valence-electron chi connectivity index (χ3n) is 4.61. The normalized spacial score (nSPS) is 25.9. The Hall–Kier alpha value is -1.56. The van der Waals surface area contributed by atoms with Gasteiger partial charge >= 0.3 is 0 Å². The number of aromatic nitrogens is 2. The van der Waals surface area contributed by atoms with Crippen LogP contribution >= 0.6 is 0 Å². The van der Waals surface area contributed by atoms with Crippen molar-refractivity contribution in [1.82, 2.24) is 15.5 Å². The smallest absolute Gasteiger partial charge is 0.273 e. The van der Waals surface area contributed by atoms with Crippen LogP contribution in [-0.2, 0) is 0 Å². The maximum atomic E-state index is 12.1. The average molecular weight is 278 g/mol. The monoisotopic (exact) mass is 278 g/mol.